The van der Waals surface area contributed by atoms with Gasteiger partial charge in [-0.05, 0) is 72.0 Å². The largest absolute Gasteiger partial charge is 0.573 e. The van der Waals surface area contributed by atoms with E-state index in [1.807, 2.05) is 25.1 Å². The molecule has 0 spiro atoms. The smallest absolute Gasteiger partial charge is 0.406 e. The molecule has 0 atom stereocenters. The van der Waals surface area contributed by atoms with Crippen LogP contribution in [0.15, 0.2) is 66.9 Å². The molecule has 1 aliphatic heterocycles. The average Bonchev–Trinajstić information content (AvgIpc) is 3.30. The summed E-state index contributed by atoms with van der Waals surface area (Å²) in [6.07, 6.45) is -1.20. The van der Waals surface area contributed by atoms with E-state index in [1.54, 1.807) is 6.07 Å². The number of fused-ring (bicyclic) bond motifs is 1. The fraction of sp³-hybridized carbons (Fsp3) is 0.375. The standard InChI is InChI=1S/C32H36ClF3N4O/c1-2-24-19-26(41-32(34,35)36)9-10-27(24)29-22-40(13-5-12-37)31-11-8-23(18-28(29)31)20-38-14-16-39(17-15-38)21-25-6-3-4-7-30(25)33/h3-4,6-11,18-19,22H,2,5,12-17,20-21,37H2,1H3. The highest BCUT2D eigenvalue weighted by atomic mass is 35.5. The van der Waals surface area contributed by atoms with Crippen molar-refractivity contribution in [3.8, 4) is 16.9 Å². The molecule has 1 fully saturated rings. The molecule has 3 aromatic carbocycles. The molecule has 2 heterocycles. The molecule has 0 radical (unpaired) electrons. The van der Waals surface area contributed by atoms with Gasteiger partial charge in [-0.2, -0.15) is 0 Å². The summed E-state index contributed by atoms with van der Waals surface area (Å²) >= 11 is 6.37. The predicted octanol–water partition coefficient (Wildman–Crippen LogP) is 7.09. The second kappa shape index (κ2) is 12.9. The summed E-state index contributed by atoms with van der Waals surface area (Å²) in [6, 6.07) is 19.2. The van der Waals surface area contributed by atoms with Crippen molar-refractivity contribution in [1.82, 2.24) is 14.4 Å². The van der Waals surface area contributed by atoms with Gasteiger partial charge in [-0.25, -0.2) is 0 Å². The van der Waals surface area contributed by atoms with Gasteiger partial charge in [0.2, 0.25) is 0 Å². The van der Waals surface area contributed by atoms with E-state index in [1.165, 1.54) is 17.7 Å². The van der Waals surface area contributed by atoms with Crippen LogP contribution < -0.4 is 10.5 Å². The van der Waals surface area contributed by atoms with Gasteiger partial charge in [0, 0.05) is 73.5 Å². The van der Waals surface area contributed by atoms with Crippen molar-refractivity contribution in [2.75, 3.05) is 32.7 Å². The molecule has 5 rings (SSSR count). The molecule has 1 aliphatic rings. The Balaban J connectivity index is 1.37. The number of nitrogens with zero attached hydrogens (tertiary/aromatic N) is 3. The summed E-state index contributed by atoms with van der Waals surface area (Å²) in [4.78, 5) is 4.91. The molecule has 1 aromatic heterocycles. The molecule has 9 heteroatoms. The number of piperazine rings is 1. The van der Waals surface area contributed by atoms with Gasteiger partial charge in [-0.3, -0.25) is 9.80 Å². The second-order valence-corrected chi connectivity index (χ2v) is 11.0. The maximum Gasteiger partial charge on any atom is 0.573 e. The Morgan fingerprint density at radius 3 is 2.29 bits per heavy atom. The Labute approximate surface area is 244 Å². The summed E-state index contributed by atoms with van der Waals surface area (Å²) < 4.78 is 45.0. The number of nitrogens with two attached hydrogens (primary N) is 1. The van der Waals surface area contributed by atoms with E-state index < -0.39 is 6.36 Å². The second-order valence-electron chi connectivity index (χ2n) is 10.6. The normalized spacial score (nSPS) is 15.1. The van der Waals surface area contributed by atoms with Crippen molar-refractivity contribution in [3.05, 3.63) is 88.6 Å². The molecule has 5 nitrogen and oxygen atoms in total. The Morgan fingerprint density at radius 1 is 0.878 bits per heavy atom. The van der Waals surface area contributed by atoms with Crippen molar-refractivity contribution in [3.63, 3.8) is 0 Å². The summed E-state index contributed by atoms with van der Waals surface area (Å²) in [7, 11) is 0. The molecule has 0 unspecified atom stereocenters. The number of hydrogen-bond acceptors (Lipinski definition) is 4. The maximum absolute atomic E-state index is 12.9. The molecule has 218 valence electrons. The molecule has 2 N–H and O–H groups in total. The van der Waals surface area contributed by atoms with E-state index in [2.05, 4.69) is 49.6 Å². The first-order valence-electron chi connectivity index (χ1n) is 14.1. The number of aryl methyl sites for hydroxylation is 2. The Hall–Kier alpha value is -3.04. The van der Waals surface area contributed by atoms with Crippen LogP contribution in [0.2, 0.25) is 5.02 Å². The molecule has 0 saturated carbocycles. The summed E-state index contributed by atoms with van der Waals surface area (Å²) in [5, 5.41) is 1.90. The zero-order valence-electron chi connectivity index (χ0n) is 23.3. The summed E-state index contributed by atoms with van der Waals surface area (Å²) in [5.41, 5.74) is 12.0. The van der Waals surface area contributed by atoms with Crippen LogP contribution in [-0.4, -0.2) is 53.5 Å². The minimum Gasteiger partial charge on any atom is -0.406 e. The molecular weight excluding hydrogens is 549 g/mol. The molecule has 0 amide bonds. The van der Waals surface area contributed by atoms with E-state index in [0.717, 1.165) is 90.4 Å². The van der Waals surface area contributed by atoms with E-state index >= 15 is 0 Å². The van der Waals surface area contributed by atoms with Crippen molar-refractivity contribution in [2.45, 2.75) is 45.8 Å². The lowest BCUT2D eigenvalue weighted by molar-refractivity contribution is -0.274. The van der Waals surface area contributed by atoms with Gasteiger partial charge in [0.05, 0.1) is 0 Å². The van der Waals surface area contributed by atoms with Gasteiger partial charge in [-0.15, -0.1) is 13.2 Å². The summed E-state index contributed by atoms with van der Waals surface area (Å²) in [5.74, 6) is -0.195. The minimum atomic E-state index is -4.72. The monoisotopic (exact) mass is 584 g/mol. The average molecular weight is 585 g/mol. The van der Waals surface area contributed by atoms with Crippen molar-refractivity contribution >= 4 is 22.5 Å². The van der Waals surface area contributed by atoms with Crippen LogP contribution in [0.3, 0.4) is 0 Å². The van der Waals surface area contributed by atoms with Crippen LogP contribution in [0.4, 0.5) is 13.2 Å². The van der Waals surface area contributed by atoms with Crippen LogP contribution >= 0.6 is 11.6 Å². The molecule has 41 heavy (non-hydrogen) atoms. The number of hydrogen-bond donors (Lipinski definition) is 1. The number of rotatable bonds is 10. The van der Waals surface area contributed by atoms with Crippen LogP contribution in [0.5, 0.6) is 5.75 Å². The third kappa shape index (κ3) is 7.25. The first kappa shape index (κ1) is 29.5. The molecule has 1 saturated heterocycles. The minimum absolute atomic E-state index is 0.195. The zero-order valence-corrected chi connectivity index (χ0v) is 24.0. The van der Waals surface area contributed by atoms with Gasteiger partial charge < -0.3 is 15.0 Å². The lowest BCUT2D eigenvalue weighted by atomic mass is 9.96. The molecule has 4 aromatic rings. The van der Waals surface area contributed by atoms with Crippen LogP contribution in [-0.2, 0) is 26.1 Å². The van der Waals surface area contributed by atoms with E-state index in [4.69, 9.17) is 17.3 Å². The van der Waals surface area contributed by atoms with Crippen LogP contribution in [0, 0.1) is 0 Å². The zero-order chi connectivity index (χ0) is 29.0. The maximum atomic E-state index is 12.9. The highest BCUT2D eigenvalue weighted by Crippen LogP contribution is 2.36. The van der Waals surface area contributed by atoms with E-state index in [9.17, 15) is 13.2 Å². The van der Waals surface area contributed by atoms with E-state index in [-0.39, 0.29) is 5.75 Å². The van der Waals surface area contributed by atoms with Crippen LogP contribution in [0.1, 0.15) is 30.0 Å². The number of halogens is 4. The number of benzene rings is 3. The van der Waals surface area contributed by atoms with Crippen LogP contribution in [0.25, 0.3) is 22.0 Å². The fourth-order valence-corrected chi connectivity index (χ4v) is 5.85. The number of ether oxygens (including phenoxy) is 1. The van der Waals surface area contributed by atoms with Crippen molar-refractivity contribution < 1.29 is 17.9 Å². The fourth-order valence-electron chi connectivity index (χ4n) is 5.66. The third-order valence-electron chi connectivity index (χ3n) is 7.75. The molecular formula is C32H36ClF3N4O. The molecule has 0 aliphatic carbocycles. The van der Waals surface area contributed by atoms with Gasteiger partial charge in [0.25, 0.3) is 0 Å². The molecule has 0 bridgehead atoms. The Morgan fingerprint density at radius 2 is 1.61 bits per heavy atom. The van der Waals surface area contributed by atoms with Gasteiger partial charge in [0.15, 0.2) is 0 Å². The van der Waals surface area contributed by atoms with Gasteiger partial charge >= 0.3 is 6.36 Å². The number of alkyl halides is 3. The topological polar surface area (TPSA) is 46.7 Å². The SMILES string of the molecule is CCc1cc(OC(F)(F)F)ccc1-c1cn(CCCN)c2ccc(CN3CCN(Cc4ccccc4Cl)CC3)cc12. The van der Waals surface area contributed by atoms with E-state index in [0.29, 0.717) is 13.0 Å². The predicted molar refractivity (Wildman–Crippen MR) is 159 cm³/mol. The lowest BCUT2D eigenvalue weighted by Crippen LogP contribution is -2.45. The Bertz CT molecular complexity index is 1480. The Kier molecular flexibility index (Phi) is 9.24. The summed E-state index contributed by atoms with van der Waals surface area (Å²) in [6.45, 7) is 8.87. The first-order chi connectivity index (χ1) is 19.7. The van der Waals surface area contributed by atoms with Crippen molar-refractivity contribution in [1.29, 1.82) is 0 Å². The first-order valence-corrected chi connectivity index (χ1v) is 14.5. The highest BCUT2D eigenvalue weighted by Gasteiger charge is 2.31. The quantitative estimate of drug-likeness (QED) is 0.216. The van der Waals surface area contributed by atoms with Gasteiger partial charge in [0.1, 0.15) is 5.75 Å². The highest BCUT2D eigenvalue weighted by molar-refractivity contribution is 6.31. The third-order valence-corrected chi connectivity index (χ3v) is 8.12. The van der Waals surface area contributed by atoms with Crippen molar-refractivity contribution in [2.24, 2.45) is 5.73 Å². The number of aromatic nitrogens is 1. The van der Waals surface area contributed by atoms with Gasteiger partial charge in [-0.1, -0.05) is 48.9 Å². The lowest BCUT2D eigenvalue weighted by Gasteiger charge is -2.35.